The summed E-state index contributed by atoms with van der Waals surface area (Å²) in [6.45, 7) is -0.383. The summed E-state index contributed by atoms with van der Waals surface area (Å²) in [5, 5.41) is 19.5. The number of aromatic nitrogens is 2. The van der Waals surface area contributed by atoms with E-state index in [1.54, 1.807) is 24.3 Å². The number of halogens is 1. The lowest BCUT2D eigenvalue weighted by Gasteiger charge is -2.12. The van der Waals surface area contributed by atoms with Gasteiger partial charge < -0.3 is 19.6 Å². The number of nitrogens with zero attached hydrogens (tertiary/aromatic N) is 3. The average Bonchev–Trinajstić information content (AvgIpc) is 3.41. The number of benzene rings is 3. The number of H-pyrrole nitrogens is 1. The minimum absolute atomic E-state index is 0.123. The number of carbonyl (C=O) groups excluding carboxylic acids is 1. The summed E-state index contributed by atoms with van der Waals surface area (Å²) in [6, 6.07) is 18.3. The molecule has 2 aromatic heterocycles. The maximum atomic E-state index is 12.5. The van der Waals surface area contributed by atoms with Gasteiger partial charge in [0.05, 0.1) is 28.4 Å². The van der Waals surface area contributed by atoms with Gasteiger partial charge in [-0.3, -0.25) is 4.79 Å². The Hall–Kier alpha value is -3.95. The molecule has 0 atom stereocenters. The molecule has 3 aromatic carbocycles. The molecular formula is C24H17ClN4O4S. The molecule has 0 spiro atoms. The van der Waals surface area contributed by atoms with E-state index in [1.807, 2.05) is 36.4 Å². The predicted octanol–water partition coefficient (Wildman–Crippen LogP) is 6.50. The van der Waals surface area contributed by atoms with E-state index in [9.17, 15) is 9.90 Å². The zero-order valence-corrected chi connectivity index (χ0v) is 19.4. The summed E-state index contributed by atoms with van der Waals surface area (Å²) in [4.78, 5) is 19.9. The Labute approximate surface area is 202 Å². The molecule has 0 radical (unpaired) electrons. The molecule has 5 aromatic rings. The number of thiazole rings is 1. The fraction of sp³-hybridized carbons (Fsp3) is 0.0833. The molecule has 0 aliphatic carbocycles. The van der Waals surface area contributed by atoms with Gasteiger partial charge in [0.2, 0.25) is 5.88 Å². The van der Waals surface area contributed by atoms with E-state index in [2.05, 4.69) is 20.2 Å². The Balaban J connectivity index is 1.39. The number of nitrogens with one attached hydrogen (secondary N) is 1. The number of hydrogen-bond donors (Lipinski definition) is 2. The number of amides is 1. The van der Waals surface area contributed by atoms with Crippen LogP contribution in [0, 0.1) is 0 Å². The number of azo groups is 1. The molecule has 10 heteroatoms. The van der Waals surface area contributed by atoms with Crippen molar-refractivity contribution in [2.75, 3.05) is 13.7 Å². The molecule has 5 rings (SSSR count). The van der Waals surface area contributed by atoms with Gasteiger partial charge in [0.15, 0.2) is 23.8 Å². The first-order valence-electron chi connectivity index (χ1n) is 10.1. The number of methoxy groups -OCH3 is 1. The molecule has 0 fully saturated rings. The molecule has 0 aliphatic heterocycles. The zero-order valence-electron chi connectivity index (χ0n) is 17.8. The van der Waals surface area contributed by atoms with Crippen LogP contribution in [-0.2, 0) is 4.79 Å². The van der Waals surface area contributed by atoms with Crippen molar-refractivity contribution < 1.29 is 19.4 Å². The number of aromatic hydroxyl groups is 1. The fourth-order valence-corrected chi connectivity index (χ4v) is 4.65. The number of rotatable bonds is 6. The monoisotopic (exact) mass is 492 g/mol. The maximum Gasteiger partial charge on any atom is 0.302 e. The van der Waals surface area contributed by atoms with Gasteiger partial charge in [-0.1, -0.05) is 29.8 Å². The van der Waals surface area contributed by atoms with Crippen molar-refractivity contribution in [3.8, 4) is 28.0 Å². The molecule has 0 saturated heterocycles. The van der Waals surface area contributed by atoms with Gasteiger partial charge in [0.1, 0.15) is 5.01 Å². The Bertz CT molecular complexity index is 1530. The molecule has 0 bridgehead atoms. The van der Waals surface area contributed by atoms with E-state index in [0.29, 0.717) is 33.0 Å². The summed E-state index contributed by atoms with van der Waals surface area (Å²) >= 11 is 7.54. The van der Waals surface area contributed by atoms with Gasteiger partial charge in [-0.15, -0.1) is 21.6 Å². The van der Waals surface area contributed by atoms with Crippen molar-refractivity contribution in [3.05, 3.63) is 65.7 Å². The van der Waals surface area contributed by atoms with Crippen LogP contribution in [-0.4, -0.2) is 34.7 Å². The van der Waals surface area contributed by atoms with Crippen LogP contribution in [0.25, 0.3) is 31.7 Å². The first kappa shape index (κ1) is 21.9. The lowest BCUT2D eigenvalue weighted by molar-refractivity contribution is -0.120. The SMILES string of the molecule is COc1cccc(-c2nc3ccccc3s2)c1OCC(=O)N=Nc1c(O)[nH]c2ccc(Cl)cc12. The molecule has 0 unspecified atom stereocenters. The molecule has 34 heavy (non-hydrogen) atoms. The normalized spacial score (nSPS) is 11.5. The van der Waals surface area contributed by atoms with Crippen LogP contribution in [0.2, 0.25) is 5.02 Å². The van der Waals surface area contributed by atoms with Crippen LogP contribution in [0.15, 0.2) is 70.9 Å². The smallest absolute Gasteiger partial charge is 0.302 e. The second-order valence-electron chi connectivity index (χ2n) is 7.22. The summed E-state index contributed by atoms with van der Waals surface area (Å²) in [6.07, 6.45) is 0. The summed E-state index contributed by atoms with van der Waals surface area (Å²) < 4.78 is 12.3. The predicted molar refractivity (Wildman–Crippen MR) is 132 cm³/mol. The largest absolute Gasteiger partial charge is 0.493 e. The van der Waals surface area contributed by atoms with Gasteiger partial charge in [-0.25, -0.2) is 4.98 Å². The number of hydrogen-bond acceptors (Lipinski definition) is 7. The van der Waals surface area contributed by atoms with Crippen LogP contribution in [0.1, 0.15) is 0 Å². The van der Waals surface area contributed by atoms with E-state index < -0.39 is 5.91 Å². The van der Waals surface area contributed by atoms with Crippen LogP contribution in [0.5, 0.6) is 17.4 Å². The molecule has 2 heterocycles. The second kappa shape index (κ2) is 9.12. The minimum Gasteiger partial charge on any atom is -0.493 e. The fourth-order valence-electron chi connectivity index (χ4n) is 3.49. The topological polar surface area (TPSA) is 109 Å². The number of aromatic amines is 1. The van der Waals surface area contributed by atoms with Crippen molar-refractivity contribution >= 4 is 55.7 Å². The third-order valence-electron chi connectivity index (χ3n) is 5.04. The highest BCUT2D eigenvalue weighted by atomic mass is 35.5. The van der Waals surface area contributed by atoms with Gasteiger partial charge >= 0.3 is 5.91 Å². The Morgan fingerprint density at radius 1 is 1.18 bits per heavy atom. The van der Waals surface area contributed by atoms with Gasteiger partial charge in [0.25, 0.3) is 0 Å². The highest BCUT2D eigenvalue weighted by Crippen LogP contribution is 2.41. The van der Waals surface area contributed by atoms with Crippen LogP contribution >= 0.6 is 22.9 Å². The zero-order chi connectivity index (χ0) is 23.7. The minimum atomic E-state index is -0.642. The summed E-state index contributed by atoms with van der Waals surface area (Å²) in [7, 11) is 1.52. The second-order valence-corrected chi connectivity index (χ2v) is 8.69. The van der Waals surface area contributed by atoms with Crippen molar-refractivity contribution in [3.63, 3.8) is 0 Å². The summed E-state index contributed by atoms with van der Waals surface area (Å²) in [5.74, 6) is -0.00532. The molecule has 8 nitrogen and oxygen atoms in total. The highest BCUT2D eigenvalue weighted by molar-refractivity contribution is 7.21. The lowest BCUT2D eigenvalue weighted by atomic mass is 10.2. The molecule has 0 aliphatic rings. The number of carbonyl (C=O) groups is 1. The number of para-hydroxylation sites is 2. The van der Waals surface area contributed by atoms with Crippen molar-refractivity contribution in [1.29, 1.82) is 0 Å². The Morgan fingerprint density at radius 2 is 2.03 bits per heavy atom. The lowest BCUT2D eigenvalue weighted by Crippen LogP contribution is -2.09. The first-order valence-corrected chi connectivity index (χ1v) is 11.3. The third kappa shape index (κ3) is 4.18. The van der Waals surface area contributed by atoms with E-state index in [-0.39, 0.29) is 18.2 Å². The van der Waals surface area contributed by atoms with E-state index in [0.717, 1.165) is 15.2 Å². The van der Waals surface area contributed by atoms with Crippen LogP contribution in [0.3, 0.4) is 0 Å². The Kier molecular flexibility index (Phi) is 5.87. The average molecular weight is 493 g/mol. The van der Waals surface area contributed by atoms with Crippen molar-refractivity contribution in [1.82, 2.24) is 9.97 Å². The number of ether oxygens (including phenoxy) is 2. The third-order valence-corrected chi connectivity index (χ3v) is 6.34. The van der Waals surface area contributed by atoms with Gasteiger partial charge in [-0.05, 0) is 42.5 Å². The Morgan fingerprint density at radius 3 is 2.85 bits per heavy atom. The van der Waals surface area contributed by atoms with Gasteiger partial charge in [0, 0.05) is 10.4 Å². The standard InChI is InChI=1S/C24H17ClN4O4S/c1-32-18-7-4-5-14(24-27-17-6-2-3-8-19(17)34-24)22(18)33-12-20(30)28-29-21-15-11-13(25)9-10-16(15)26-23(21)31/h2-11,26,31H,12H2,1H3. The van der Waals surface area contributed by atoms with Crippen LogP contribution in [0.4, 0.5) is 5.69 Å². The molecule has 2 N–H and O–H groups in total. The van der Waals surface area contributed by atoms with E-state index in [1.165, 1.54) is 18.4 Å². The number of fused-ring (bicyclic) bond motifs is 2. The van der Waals surface area contributed by atoms with E-state index in [4.69, 9.17) is 21.1 Å². The van der Waals surface area contributed by atoms with E-state index >= 15 is 0 Å². The van der Waals surface area contributed by atoms with Crippen LogP contribution < -0.4 is 9.47 Å². The highest BCUT2D eigenvalue weighted by Gasteiger charge is 2.18. The molecular weight excluding hydrogens is 476 g/mol. The van der Waals surface area contributed by atoms with Gasteiger partial charge in [-0.2, -0.15) is 0 Å². The molecule has 0 saturated carbocycles. The van der Waals surface area contributed by atoms with Crippen molar-refractivity contribution in [2.45, 2.75) is 0 Å². The maximum absolute atomic E-state index is 12.5. The quantitative estimate of drug-likeness (QED) is 0.263. The molecule has 1 amide bonds. The summed E-state index contributed by atoms with van der Waals surface area (Å²) in [5.41, 5.74) is 2.32. The molecule has 170 valence electrons. The van der Waals surface area contributed by atoms with Crippen molar-refractivity contribution in [2.24, 2.45) is 10.2 Å². The first-order chi connectivity index (χ1) is 16.5.